The molecular formula is C17H20N4O4. The highest BCUT2D eigenvalue weighted by Crippen LogP contribution is 2.07. The lowest BCUT2D eigenvalue weighted by Crippen LogP contribution is -2.38. The van der Waals surface area contributed by atoms with Crippen LogP contribution in [-0.4, -0.2) is 36.5 Å². The highest BCUT2D eigenvalue weighted by molar-refractivity contribution is 5.69. The van der Waals surface area contributed by atoms with Crippen molar-refractivity contribution in [2.24, 2.45) is 14.1 Å². The zero-order valence-electron chi connectivity index (χ0n) is 14.1. The van der Waals surface area contributed by atoms with Gasteiger partial charge in [-0.25, -0.2) is 9.78 Å². The van der Waals surface area contributed by atoms with Gasteiger partial charge in [0.25, 0.3) is 5.56 Å². The number of benzene rings is 1. The number of aliphatic hydroxyl groups is 1. The van der Waals surface area contributed by atoms with E-state index >= 15 is 0 Å². The van der Waals surface area contributed by atoms with Gasteiger partial charge in [0, 0.05) is 14.1 Å². The molecule has 0 aliphatic rings. The van der Waals surface area contributed by atoms with Crippen molar-refractivity contribution in [1.82, 2.24) is 18.7 Å². The standard InChI is InChI=1S/C17H20N4O4/c1-19-15-14(16(23)20(2)17(19)24)21(11-18-15)8-13(22)10-25-9-12-6-4-3-5-7-12/h3-7,11,13,22H,8-10H2,1-2H3. The number of aliphatic hydroxyl groups excluding tert-OH is 1. The van der Waals surface area contributed by atoms with E-state index in [9.17, 15) is 14.7 Å². The second kappa shape index (κ2) is 7.04. The van der Waals surface area contributed by atoms with Gasteiger partial charge in [-0.1, -0.05) is 30.3 Å². The van der Waals surface area contributed by atoms with Gasteiger partial charge < -0.3 is 14.4 Å². The molecule has 25 heavy (non-hydrogen) atoms. The molecule has 3 rings (SSSR count). The maximum absolute atomic E-state index is 12.3. The molecule has 0 radical (unpaired) electrons. The normalized spacial score (nSPS) is 12.6. The molecule has 0 amide bonds. The van der Waals surface area contributed by atoms with Gasteiger partial charge in [-0.05, 0) is 5.56 Å². The summed E-state index contributed by atoms with van der Waals surface area (Å²) in [5, 5.41) is 10.2. The molecule has 0 saturated heterocycles. The predicted molar refractivity (Wildman–Crippen MR) is 92.3 cm³/mol. The highest BCUT2D eigenvalue weighted by atomic mass is 16.5. The first-order valence-corrected chi connectivity index (χ1v) is 7.89. The van der Waals surface area contributed by atoms with Crippen molar-refractivity contribution in [2.75, 3.05) is 6.61 Å². The summed E-state index contributed by atoms with van der Waals surface area (Å²) in [5.74, 6) is 0. The third kappa shape index (κ3) is 3.40. The molecule has 0 aliphatic heterocycles. The third-order valence-corrected chi connectivity index (χ3v) is 4.05. The number of hydrogen-bond donors (Lipinski definition) is 1. The molecule has 0 bridgehead atoms. The number of nitrogens with zero attached hydrogens (tertiary/aromatic N) is 4. The van der Waals surface area contributed by atoms with Crippen molar-refractivity contribution in [3.05, 3.63) is 63.1 Å². The van der Waals surface area contributed by atoms with Gasteiger partial charge in [-0.2, -0.15) is 0 Å². The second-order valence-electron chi connectivity index (χ2n) is 5.93. The number of fused-ring (bicyclic) bond motifs is 1. The van der Waals surface area contributed by atoms with Gasteiger partial charge in [0.2, 0.25) is 0 Å². The monoisotopic (exact) mass is 344 g/mol. The SMILES string of the molecule is Cn1c(=O)c2c(ncn2CC(O)COCc2ccccc2)n(C)c1=O. The molecule has 1 aromatic carbocycles. The number of rotatable bonds is 6. The Bertz CT molecular complexity index is 988. The summed E-state index contributed by atoms with van der Waals surface area (Å²) in [6, 6.07) is 9.66. The van der Waals surface area contributed by atoms with Crippen LogP contribution in [0.5, 0.6) is 0 Å². The molecule has 8 heteroatoms. The van der Waals surface area contributed by atoms with Crippen LogP contribution in [0.1, 0.15) is 5.56 Å². The van der Waals surface area contributed by atoms with E-state index in [1.54, 1.807) is 11.6 Å². The van der Waals surface area contributed by atoms with Crippen LogP contribution in [0.4, 0.5) is 0 Å². The average molecular weight is 344 g/mol. The van der Waals surface area contributed by atoms with Crippen molar-refractivity contribution in [3.8, 4) is 0 Å². The Kier molecular flexibility index (Phi) is 4.82. The first kappa shape index (κ1) is 17.1. The highest BCUT2D eigenvalue weighted by Gasteiger charge is 2.16. The summed E-state index contributed by atoms with van der Waals surface area (Å²) in [4.78, 5) is 28.4. The average Bonchev–Trinajstić information content (AvgIpc) is 3.02. The minimum absolute atomic E-state index is 0.126. The predicted octanol–water partition coefficient (Wildman–Crippen LogP) is 0.0114. The van der Waals surface area contributed by atoms with Crippen molar-refractivity contribution >= 4 is 11.2 Å². The van der Waals surface area contributed by atoms with Gasteiger partial charge in [-0.3, -0.25) is 13.9 Å². The summed E-state index contributed by atoms with van der Waals surface area (Å²) in [5.41, 5.74) is 0.728. The molecular weight excluding hydrogens is 324 g/mol. The van der Waals surface area contributed by atoms with E-state index in [1.165, 1.54) is 17.9 Å². The number of ether oxygens (including phenoxy) is 1. The fourth-order valence-electron chi connectivity index (χ4n) is 2.70. The first-order valence-electron chi connectivity index (χ1n) is 7.89. The second-order valence-corrected chi connectivity index (χ2v) is 5.93. The van der Waals surface area contributed by atoms with E-state index in [1.807, 2.05) is 30.3 Å². The Hall–Kier alpha value is -2.71. The molecule has 2 aromatic heterocycles. The lowest BCUT2D eigenvalue weighted by Gasteiger charge is -2.13. The van der Waals surface area contributed by atoms with E-state index in [4.69, 9.17) is 4.74 Å². The summed E-state index contributed by atoms with van der Waals surface area (Å²) in [7, 11) is 2.97. The summed E-state index contributed by atoms with van der Waals surface area (Å²) in [6.45, 7) is 0.679. The maximum Gasteiger partial charge on any atom is 0.332 e. The quantitative estimate of drug-likeness (QED) is 0.680. The Labute approximate surface area is 143 Å². The van der Waals surface area contributed by atoms with Gasteiger partial charge in [0.1, 0.15) is 0 Å². The van der Waals surface area contributed by atoms with Crippen LogP contribution >= 0.6 is 0 Å². The zero-order chi connectivity index (χ0) is 18.0. The van der Waals surface area contributed by atoms with Crippen molar-refractivity contribution in [1.29, 1.82) is 0 Å². The minimum Gasteiger partial charge on any atom is -0.389 e. The van der Waals surface area contributed by atoms with Crippen molar-refractivity contribution < 1.29 is 9.84 Å². The first-order chi connectivity index (χ1) is 12.0. The Morgan fingerprint density at radius 2 is 1.88 bits per heavy atom. The van der Waals surface area contributed by atoms with E-state index in [2.05, 4.69) is 4.98 Å². The lowest BCUT2D eigenvalue weighted by atomic mass is 10.2. The number of aryl methyl sites for hydroxylation is 1. The van der Waals surface area contributed by atoms with Gasteiger partial charge >= 0.3 is 5.69 Å². The van der Waals surface area contributed by atoms with Crippen molar-refractivity contribution in [2.45, 2.75) is 19.3 Å². The van der Waals surface area contributed by atoms with Crippen molar-refractivity contribution in [3.63, 3.8) is 0 Å². The molecule has 1 unspecified atom stereocenters. The van der Waals surface area contributed by atoms with Crippen LogP contribution in [0.25, 0.3) is 11.2 Å². The fourth-order valence-corrected chi connectivity index (χ4v) is 2.70. The Morgan fingerprint density at radius 1 is 1.16 bits per heavy atom. The van der Waals surface area contributed by atoms with E-state index in [0.717, 1.165) is 10.1 Å². The van der Waals surface area contributed by atoms with Crippen LogP contribution in [0.2, 0.25) is 0 Å². The van der Waals surface area contributed by atoms with E-state index in [-0.39, 0.29) is 18.7 Å². The maximum atomic E-state index is 12.3. The largest absolute Gasteiger partial charge is 0.389 e. The van der Waals surface area contributed by atoms with Crippen LogP contribution in [0.3, 0.4) is 0 Å². The molecule has 0 saturated carbocycles. The molecule has 132 valence electrons. The van der Waals surface area contributed by atoms with Crippen LogP contribution in [-0.2, 0) is 32.0 Å². The third-order valence-electron chi connectivity index (χ3n) is 4.05. The van der Waals surface area contributed by atoms with Crippen LogP contribution in [0, 0.1) is 0 Å². The van der Waals surface area contributed by atoms with E-state index in [0.29, 0.717) is 12.3 Å². The molecule has 8 nitrogen and oxygen atoms in total. The Morgan fingerprint density at radius 3 is 2.60 bits per heavy atom. The number of imidazole rings is 1. The van der Waals surface area contributed by atoms with Crippen LogP contribution in [0.15, 0.2) is 46.2 Å². The zero-order valence-corrected chi connectivity index (χ0v) is 14.1. The van der Waals surface area contributed by atoms with Gasteiger partial charge in [0.05, 0.1) is 32.2 Å². The molecule has 1 N–H and O–H groups in total. The fraction of sp³-hybridized carbons (Fsp3) is 0.353. The summed E-state index contributed by atoms with van der Waals surface area (Å²) in [6.07, 6.45) is 0.648. The summed E-state index contributed by atoms with van der Waals surface area (Å²) < 4.78 is 9.40. The molecule has 0 fully saturated rings. The van der Waals surface area contributed by atoms with E-state index < -0.39 is 17.4 Å². The topological polar surface area (TPSA) is 91.3 Å². The summed E-state index contributed by atoms with van der Waals surface area (Å²) >= 11 is 0. The molecule has 0 aliphatic carbocycles. The number of aromatic nitrogens is 4. The van der Waals surface area contributed by atoms with Crippen LogP contribution < -0.4 is 11.2 Å². The van der Waals surface area contributed by atoms with Gasteiger partial charge in [0.15, 0.2) is 11.2 Å². The Balaban J connectivity index is 1.72. The smallest absolute Gasteiger partial charge is 0.332 e. The lowest BCUT2D eigenvalue weighted by molar-refractivity contribution is 0.0208. The molecule has 2 heterocycles. The molecule has 3 aromatic rings. The molecule has 1 atom stereocenters. The number of hydrogen-bond acceptors (Lipinski definition) is 5. The van der Waals surface area contributed by atoms with Gasteiger partial charge in [-0.15, -0.1) is 0 Å². The minimum atomic E-state index is -0.803. The molecule has 0 spiro atoms.